The Labute approximate surface area is 249 Å². The number of hydrogen-bond donors (Lipinski definition) is 1. The average molecular weight is 596 g/mol. The topological polar surface area (TPSA) is 86.8 Å². The van der Waals surface area contributed by atoms with Crippen molar-refractivity contribution in [1.29, 1.82) is 0 Å². The van der Waals surface area contributed by atoms with Crippen LogP contribution in [0.5, 0.6) is 0 Å². The van der Waals surface area contributed by atoms with Gasteiger partial charge in [0.05, 0.1) is 11.9 Å². The van der Waals surface area contributed by atoms with Crippen LogP contribution in [0, 0.1) is 19.7 Å². The minimum atomic E-state index is -3.62. The van der Waals surface area contributed by atoms with Gasteiger partial charge in [0.1, 0.15) is 11.9 Å². The lowest BCUT2D eigenvalue weighted by Gasteiger charge is -2.32. The average Bonchev–Trinajstić information content (AvgIpc) is 2.95. The third kappa shape index (κ3) is 9.14. The van der Waals surface area contributed by atoms with E-state index < -0.39 is 21.9 Å². The van der Waals surface area contributed by atoms with Crippen LogP contribution >= 0.6 is 0 Å². The molecule has 0 radical (unpaired) electrons. The molecule has 3 rings (SSSR count). The minimum absolute atomic E-state index is 0.0150. The number of benzene rings is 3. The molecule has 42 heavy (non-hydrogen) atoms. The Morgan fingerprint density at radius 1 is 0.929 bits per heavy atom. The van der Waals surface area contributed by atoms with Gasteiger partial charge in [0, 0.05) is 38.0 Å². The molecule has 1 N–H and O–H groups in total. The van der Waals surface area contributed by atoms with Crippen molar-refractivity contribution in [3.63, 3.8) is 0 Å². The molecule has 1 atom stereocenters. The first-order valence-electron chi connectivity index (χ1n) is 14.4. The zero-order chi connectivity index (χ0) is 30.7. The van der Waals surface area contributed by atoms with Crippen LogP contribution in [0.4, 0.5) is 10.1 Å². The fourth-order valence-corrected chi connectivity index (χ4v) is 5.87. The molecule has 2 amide bonds. The normalized spacial score (nSPS) is 12.0. The number of nitrogens with one attached hydrogen (secondary N) is 1. The highest BCUT2D eigenvalue weighted by molar-refractivity contribution is 7.92. The van der Waals surface area contributed by atoms with Crippen LogP contribution in [-0.4, -0.2) is 50.5 Å². The Morgan fingerprint density at radius 3 is 2.29 bits per heavy atom. The van der Waals surface area contributed by atoms with Crippen molar-refractivity contribution in [3.8, 4) is 0 Å². The Kier molecular flexibility index (Phi) is 12.1. The molecule has 0 saturated heterocycles. The van der Waals surface area contributed by atoms with Crippen molar-refractivity contribution in [2.24, 2.45) is 0 Å². The first kappa shape index (κ1) is 32.8. The molecule has 0 unspecified atom stereocenters. The van der Waals surface area contributed by atoms with E-state index in [1.807, 2.05) is 63.2 Å². The molecular weight excluding hydrogens is 553 g/mol. The van der Waals surface area contributed by atoms with Gasteiger partial charge in [-0.15, -0.1) is 0 Å². The summed E-state index contributed by atoms with van der Waals surface area (Å²) in [6.45, 7) is 6.30. The van der Waals surface area contributed by atoms with Crippen LogP contribution in [0.3, 0.4) is 0 Å². The van der Waals surface area contributed by atoms with Crippen molar-refractivity contribution < 1.29 is 22.4 Å². The van der Waals surface area contributed by atoms with Crippen LogP contribution in [0.25, 0.3) is 0 Å². The molecule has 3 aromatic carbocycles. The lowest BCUT2D eigenvalue weighted by Crippen LogP contribution is -2.50. The number of carbonyl (C=O) groups excluding carboxylic acids is 2. The predicted octanol–water partition coefficient (Wildman–Crippen LogP) is 5.55. The van der Waals surface area contributed by atoms with Gasteiger partial charge in [-0.25, -0.2) is 12.8 Å². The van der Waals surface area contributed by atoms with Crippen LogP contribution in [0.2, 0.25) is 0 Å². The summed E-state index contributed by atoms with van der Waals surface area (Å²) >= 11 is 0. The first-order chi connectivity index (χ1) is 20.0. The van der Waals surface area contributed by atoms with E-state index in [2.05, 4.69) is 5.32 Å². The number of sulfonamides is 1. The van der Waals surface area contributed by atoms with Crippen molar-refractivity contribution in [2.75, 3.05) is 23.7 Å². The predicted molar refractivity (Wildman–Crippen MR) is 166 cm³/mol. The number of unbranched alkanes of at least 4 members (excludes halogenated alkanes) is 1. The summed E-state index contributed by atoms with van der Waals surface area (Å²) < 4.78 is 41.6. The van der Waals surface area contributed by atoms with Gasteiger partial charge in [0.15, 0.2) is 0 Å². The lowest BCUT2D eigenvalue weighted by molar-refractivity contribution is -0.141. The van der Waals surface area contributed by atoms with Gasteiger partial charge in [0.25, 0.3) is 0 Å². The maximum atomic E-state index is 14.8. The van der Waals surface area contributed by atoms with E-state index in [1.165, 1.54) is 15.3 Å². The molecule has 0 bridgehead atoms. The number of aryl methyl sites for hydroxylation is 1. The highest BCUT2D eigenvalue weighted by Gasteiger charge is 2.31. The van der Waals surface area contributed by atoms with Gasteiger partial charge in [-0.2, -0.15) is 0 Å². The lowest BCUT2D eigenvalue weighted by atomic mass is 10.0. The van der Waals surface area contributed by atoms with Crippen molar-refractivity contribution >= 4 is 27.5 Å². The third-order valence-electron chi connectivity index (χ3n) is 7.40. The molecule has 3 aromatic rings. The fourth-order valence-electron chi connectivity index (χ4n) is 4.86. The fraction of sp³-hybridized carbons (Fsp3) is 0.394. The van der Waals surface area contributed by atoms with E-state index in [4.69, 9.17) is 0 Å². The number of halogens is 1. The van der Waals surface area contributed by atoms with Gasteiger partial charge in [-0.3, -0.25) is 13.9 Å². The van der Waals surface area contributed by atoms with Crippen molar-refractivity contribution in [2.45, 2.75) is 65.5 Å². The van der Waals surface area contributed by atoms with E-state index >= 15 is 0 Å². The molecule has 0 aromatic heterocycles. The largest absolute Gasteiger partial charge is 0.354 e. The third-order valence-corrected chi connectivity index (χ3v) is 8.58. The quantitative estimate of drug-likeness (QED) is 0.234. The molecule has 7 nitrogen and oxygen atoms in total. The Bertz CT molecular complexity index is 1450. The zero-order valence-corrected chi connectivity index (χ0v) is 25.8. The van der Waals surface area contributed by atoms with Crippen LogP contribution in [0.1, 0.15) is 54.9 Å². The smallest absolute Gasteiger partial charge is 0.243 e. The molecule has 0 aliphatic carbocycles. The summed E-state index contributed by atoms with van der Waals surface area (Å²) in [4.78, 5) is 28.8. The number of carbonyl (C=O) groups is 2. The molecule has 0 aliphatic rings. The number of nitrogens with zero attached hydrogens (tertiary/aromatic N) is 2. The summed E-state index contributed by atoms with van der Waals surface area (Å²) in [5, 5.41) is 2.95. The number of rotatable bonds is 15. The van der Waals surface area contributed by atoms with Gasteiger partial charge in [-0.1, -0.05) is 74.0 Å². The van der Waals surface area contributed by atoms with Crippen molar-refractivity contribution in [1.82, 2.24) is 10.2 Å². The first-order valence-corrected chi connectivity index (χ1v) is 16.3. The standard InChI is InChI=1S/C33H42FN3O4S/c1-5-6-21-35-33(39)31(23-27-15-8-7-9-16-27)36(24-28-17-10-11-18-29(28)34)32(38)20-13-22-37(42(4,40)41)30-19-12-14-25(2)26(30)3/h7-12,14-19,31H,5-6,13,20-24H2,1-4H3,(H,35,39)/t31-/m0/s1. The zero-order valence-electron chi connectivity index (χ0n) is 25.0. The molecule has 9 heteroatoms. The van der Waals surface area contributed by atoms with Gasteiger partial charge in [-0.05, 0) is 55.5 Å². The second kappa shape index (κ2) is 15.5. The Hall–Kier alpha value is -3.72. The summed E-state index contributed by atoms with van der Waals surface area (Å²) in [7, 11) is -3.62. The molecule has 0 heterocycles. The maximum Gasteiger partial charge on any atom is 0.243 e. The number of anilines is 1. The molecule has 0 saturated carbocycles. The maximum absolute atomic E-state index is 14.8. The molecular formula is C33H42FN3O4S. The van der Waals surface area contributed by atoms with Crippen LogP contribution < -0.4 is 9.62 Å². The van der Waals surface area contributed by atoms with E-state index in [0.29, 0.717) is 17.8 Å². The SMILES string of the molecule is CCCCNC(=O)[C@H](Cc1ccccc1)N(Cc1ccccc1F)C(=O)CCCN(c1cccc(C)c1C)S(C)(=O)=O. The summed E-state index contributed by atoms with van der Waals surface area (Å²) in [5.74, 6) is -1.11. The molecule has 0 fully saturated rings. The number of amides is 2. The number of hydrogen-bond acceptors (Lipinski definition) is 4. The van der Waals surface area contributed by atoms with Gasteiger partial charge < -0.3 is 10.2 Å². The highest BCUT2D eigenvalue weighted by atomic mass is 32.2. The molecule has 0 spiro atoms. The summed E-state index contributed by atoms with van der Waals surface area (Å²) in [5.41, 5.74) is 3.56. The van der Waals surface area contributed by atoms with Crippen LogP contribution in [-0.2, 0) is 32.6 Å². The van der Waals surface area contributed by atoms with E-state index in [0.717, 1.165) is 35.8 Å². The molecule has 0 aliphatic heterocycles. The van der Waals surface area contributed by atoms with E-state index in [-0.39, 0.29) is 44.2 Å². The van der Waals surface area contributed by atoms with Crippen molar-refractivity contribution in [3.05, 3.63) is 101 Å². The van der Waals surface area contributed by atoms with Crippen LogP contribution in [0.15, 0.2) is 72.8 Å². The second-order valence-electron chi connectivity index (χ2n) is 10.6. The van der Waals surface area contributed by atoms with E-state index in [9.17, 15) is 22.4 Å². The summed E-state index contributed by atoms with van der Waals surface area (Å²) in [6.07, 6.45) is 3.32. The Balaban J connectivity index is 1.90. The van der Waals surface area contributed by atoms with Gasteiger partial charge in [0.2, 0.25) is 21.8 Å². The molecule has 226 valence electrons. The minimum Gasteiger partial charge on any atom is -0.354 e. The van der Waals surface area contributed by atoms with Gasteiger partial charge >= 0.3 is 0 Å². The van der Waals surface area contributed by atoms with E-state index in [1.54, 1.807) is 24.3 Å². The Morgan fingerprint density at radius 2 is 1.62 bits per heavy atom. The highest BCUT2D eigenvalue weighted by Crippen LogP contribution is 2.26. The second-order valence-corrected chi connectivity index (χ2v) is 12.5. The monoisotopic (exact) mass is 595 g/mol. The summed E-state index contributed by atoms with van der Waals surface area (Å²) in [6, 6.07) is 20.2.